The van der Waals surface area contributed by atoms with Gasteiger partial charge in [0.05, 0.1) is 6.10 Å². The normalized spacial score (nSPS) is 15.7. The SMILES string of the molecule is CCNc1nc(CC(C)OC)nc2c1CCC2. The minimum Gasteiger partial charge on any atom is -0.381 e. The van der Waals surface area contributed by atoms with Crippen LogP contribution in [0.4, 0.5) is 5.82 Å². The van der Waals surface area contributed by atoms with Gasteiger partial charge >= 0.3 is 0 Å². The second-order valence-electron chi connectivity index (χ2n) is 4.55. The van der Waals surface area contributed by atoms with E-state index < -0.39 is 0 Å². The van der Waals surface area contributed by atoms with Gasteiger partial charge in [-0.15, -0.1) is 0 Å². The van der Waals surface area contributed by atoms with Gasteiger partial charge in [-0.05, 0) is 33.1 Å². The Morgan fingerprint density at radius 3 is 2.88 bits per heavy atom. The van der Waals surface area contributed by atoms with Crippen LogP contribution in [-0.2, 0) is 24.0 Å². The van der Waals surface area contributed by atoms with Crippen LogP contribution in [-0.4, -0.2) is 29.7 Å². The van der Waals surface area contributed by atoms with E-state index in [2.05, 4.69) is 22.2 Å². The number of fused-ring (bicyclic) bond motifs is 1. The van der Waals surface area contributed by atoms with Crippen LogP contribution in [0.25, 0.3) is 0 Å². The topological polar surface area (TPSA) is 47.0 Å². The zero-order valence-electron chi connectivity index (χ0n) is 10.9. The molecule has 1 aromatic heterocycles. The van der Waals surface area contributed by atoms with Crippen molar-refractivity contribution in [2.75, 3.05) is 19.0 Å². The van der Waals surface area contributed by atoms with Crippen molar-refractivity contribution in [1.82, 2.24) is 9.97 Å². The molecule has 1 atom stereocenters. The number of nitrogens with one attached hydrogen (secondary N) is 1. The van der Waals surface area contributed by atoms with Gasteiger partial charge in [0.15, 0.2) is 0 Å². The first kappa shape index (κ1) is 12.3. The van der Waals surface area contributed by atoms with Gasteiger partial charge in [0.2, 0.25) is 0 Å². The van der Waals surface area contributed by atoms with Crippen LogP contribution in [0.5, 0.6) is 0 Å². The maximum Gasteiger partial charge on any atom is 0.133 e. The van der Waals surface area contributed by atoms with Crippen LogP contribution in [0.3, 0.4) is 0 Å². The van der Waals surface area contributed by atoms with E-state index in [-0.39, 0.29) is 6.10 Å². The van der Waals surface area contributed by atoms with Crippen molar-refractivity contribution in [1.29, 1.82) is 0 Å². The Morgan fingerprint density at radius 2 is 2.18 bits per heavy atom. The molecule has 1 N–H and O–H groups in total. The Hall–Kier alpha value is -1.16. The molecule has 1 heterocycles. The number of methoxy groups -OCH3 is 1. The molecule has 0 spiro atoms. The lowest BCUT2D eigenvalue weighted by Crippen LogP contribution is -2.14. The van der Waals surface area contributed by atoms with Crippen LogP contribution in [0.15, 0.2) is 0 Å². The van der Waals surface area contributed by atoms with Crippen molar-refractivity contribution in [2.45, 2.75) is 45.6 Å². The molecule has 0 aromatic carbocycles. The highest BCUT2D eigenvalue weighted by atomic mass is 16.5. The molecule has 1 aromatic rings. The predicted molar refractivity (Wildman–Crippen MR) is 68.4 cm³/mol. The summed E-state index contributed by atoms with van der Waals surface area (Å²) in [4.78, 5) is 9.27. The van der Waals surface area contributed by atoms with Crippen LogP contribution >= 0.6 is 0 Å². The Balaban J connectivity index is 2.26. The third-order valence-electron chi connectivity index (χ3n) is 3.20. The largest absolute Gasteiger partial charge is 0.381 e. The van der Waals surface area contributed by atoms with Gasteiger partial charge in [-0.3, -0.25) is 0 Å². The van der Waals surface area contributed by atoms with Gasteiger partial charge in [0.1, 0.15) is 11.6 Å². The van der Waals surface area contributed by atoms with E-state index >= 15 is 0 Å². The number of anilines is 1. The fourth-order valence-corrected chi connectivity index (χ4v) is 2.23. The Bertz CT molecular complexity index is 392. The lowest BCUT2D eigenvalue weighted by atomic mass is 10.2. The summed E-state index contributed by atoms with van der Waals surface area (Å²) in [6.45, 7) is 5.05. The first-order chi connectivity index (χ1) is 8.24. The second kappa shape index (κ2) is 5.45. The zero-order valence-corrected chi connectivity index (χ0v) is 10.9. The van der Waals surface area contributed by atoms with Gasteiger partial charge in [-0.2, -0.15) is 0 Å². The summed E-state index contributed by atoms with van der Waals surface area (Å²) in [7, 11) is 1.73. The number of ether oxygens (including phenoxy) is 1. The molecule has 2 rings (SSSR count). The molecule has 94 valence electrons. The fraction of sp³-hybridized carbons (Fsp3) is 0.692. The molecular weight excluding hydrogens is 214 g/mol. The van der Waals surface area contributed by atoms with E-state index in [9.17, 15) is 0 Å². The van der Waals surface area contributed by atoms with Gasteiger partial charge < -0.3 is 10.1 Å². The summed E-state index contributed by atoms with van der Waals surface area (Å²) >= 11 is 0. The Morgan fingerprint density at radius 1 is 1.35 bits per heavy atom. The molecule has 1 unspecified atom stereocenters. The van der Waals surface area contributed by atoms with Gasteiger partial charge in [0, 0.05) is 31.3 Å². The highest BCUT2D eigenvalue weighted by molar-refractivity contribution is 5.48. The van der Waals surface area contributed by atoms with Crippen LogP contribution in [0, 0.1) is 0 Å². The van der Waals surface area contributed by atoms with Gasteiger partial charge in [-0.1, -0.05) is 0 Å². The minimum absolute atomic E-state index is 0.170. The van der Waals surface area contributed by atoms with Crippen LogP contribution in [0.2, 0.25) is 0 Å². The van der Waals surface area contributed by atoms with E-state index in [1.807, 2.05) is 6.92 Å². The average Bonchev–Trinajstić information content (AvgIpc) is 2.77. The van der Waals surface area contributed by atoms with E-state index in [4.69, 9.17) is 4.74 Å². The summed E-state index contributed by atoms with van der Waals surface area (Å²) in [5, 5.41) is 3.35. The highest BCUT2D eigenvalue weighted by Gasteiger charge is 2.19. The number of aromatic nitrogens is 2. The van der Waals surface area contributed by atoms with Crippen molar-refractivity contribution < 1.29 is 4.74 Å². The van der Waals surface area contributed by atoms with Gasteiger partial charge in [-0.25, -0.2) is 9.97 Å². The predicted octanol–water partition coefficient (Wildman–Crippen LogP) is 1.97. The quantitative estimate of drug-likeness (QED) is 0.847. The molecule has 0 radical (unpaired) electrons. The standard InChI is InChI=1S/C13H21N3O/c1-4-14-13-10-6-5-7-11(10)15-12(16-13)8-9(2)17-3/h9H,4-8H2,1-3H3,(H,14,15,16). The van der Waals surface area contributed by atoms with E-state index in [0.717, 1.165) is 37.4 Å². The number of aryl methyl sites for hydroxylation is 1. The van der Waals surface area contributed by atoms with Crippen molar-refractivity contribution in [3.8, 4) is 0 Å². The lowest BCUT2D eigenvalue weighted by molar-refractivity contribution is 0.117. The van der Waals surface area contributed by atoms with Crippen LogP contribution < -0.4 is 5.32 Å². The molecule has 0 saturated carbocycles. The molecular formula is C13H21N3O. The third-order valence-corrected chi connectivity index (χ3v) is 3.20. The number of hydrogen-bond donors (Lipinski definition) is 1. The van der Waals surface area contributed by atoms with Gasteiger partial charge in [0.25, 0.3) is 0 Å². The summed E-state index contributed by atoms with van der Waals surface area (Å²) in [5.74, 6) is 1.93. The first-order valence-electron chi connectivity index (χ1n) is 6.40. The zero-order chi connectivity index (χ0) is 12.3. The number of nitrogens with zero attached hydrogens (tertiary/aromatic N) is 2. The first-order valence-corrected chi connectivity index (χ1v) is 6.40. The highest BCUT2D eigenvalue weighted by Crippen LogP contribution is 2.26. The molecule has 0 bridgehead atoms. The number of rotatable bonds is 5. The molecule has 1 aliphatic carbocycles. The Labute approximate surface area is 103 Å². The van der Waals surface area contributed by atoms with Crippen molar-refractivity contribution in [3.05, 3.63) is 17.1 Å². The summed E-state index contributed by atoms with van der Waals surface area (Å²) in [6, 6.07) is 0. The van der Waals surface area contributed by atoms with Crippen molar-refractivity contribution in [2.24, 2.45) is 0 Å². The molecule has 17 heavy (non-hydrogen) atoms. The molecule has 4 nitrogen and oxygen atoms in total. The summed E-state index contributed by atoms with van der Waals surface area (Å²) in [6.07, 6.45) is 4.35. The maximum absolute atomic E-state index is 5.27. The molecule has 0 fully saturated rings. The van der Waals surface area contributed by atoms with Crippen LogP contribution in [0.1, 0.15) is 37.4 Å². The molecule has 4 heteroatoms. The third kappa shape index (κ3) is 2.75. The summed E-state index contributed by atoms with van der Waals surface area (Å²) < 4.78 is 5.27. The minimum atomic E-state index is 0.170. The number of hydrogen-bond acceptors (Lipinski definition) is 4. The monoisotopic (exact) mass is 235 g/mol. The van der Waals surface area contributed by atoms with Crippen molar-refractivity contribution in [3.63, 3.8) is 0 Å². The smallest absolute Gasteiger partial charge is 0.133 e. The van der Waals surface area contributed by atoms with E-state index in [1.165, 1.54) is 17.7 Å². The van der Waals surface area contributed by atoms with Crippen molar-refractivity contribution >= 4 is 5.82 Å². The average molecular weight is 235 g/mol. The maximum atomic E-state index is 5.27. The molecule has 0 amide bonds. The Kier molecular flexibility index (Phi) is 3.94. The molecule has 0 saturated heterocycles. The molecule has 0 aliphatic heterocycles. The van der Waals surface area contributed by atoms with E-state index in [1.54, 1.807) is 7.11 Å². The van der Waals surface area contributed by atoms with E-state index in [0.29, 0.717) is 0 Å². The molecule has 1 aliphatic rings. The lowest BCUT2D eigenvalue weighted by Gasteiger charge is -2.13. The fourth-order valence-electron chi connectivity index (χ4n) is 2.23. The second-order valence-corrected chi connectivity index (χ2v) is 4.55. The summed E-state index contributed by atoms with van der Waals surface area (Å²) in [5.41, 5.74) is 2.55.